The van der Waals surface area contributed by atoms with Gasteiger partial charge in [0.25, 0.3) is 0 Å². The average Bonchev–Trinajstić information content (AvgIpc) is 2.99. The van der Waals surface area contributed by atoms with Crippen molar-refractivity contribution in [3.8, 4) is 5.75 Å². The van der Waals surface area contributed by atoms with E-state index in [0.29, 0.717) is 12.3 Å². The first-order valence-corrected chi connectivity index (χ1v) is 9.43. The molecule has 0 amide bonds. The SMILES string of the molecule is COc1ccc(S(=O)(=O)NCCCN2CCCC2)c(Cl)c1Cl. The largest absolute Gasteiger partial charge is 0.495 e. The van der Waals surface area contributed by atoms with Gasteiger partial charge in [-0.05, 0) is 51.0 Å². The minimum atomic E-state index is -3.67. The van der Waals surface area contributed by atoms with Gasteiger partial charge in [0.1, 0.15) is 15.7 Å². The van der Waals surface area contributed by atoms with Crippen molar-refractivity contribution < 1.29 is 13.2 Å². The van der Waals surface area contributed by atoms with Crippen LogP contribution in [0, 0.1) is 0 Å². The van der Waals surface area contributed by atoms with Crippen LogP contribution < -0.4 is 9.46 Å². The first kappa shape index (κ1) is 17.8. The highest BCUT2D eigenvalue weighted by Crippen LogP contribution is 2.36. The summed E-state index contributed by atoms with van der Waals surface area (Å²) in [6.07, 6.45) is 3.22. The van der Waals surface area contributed by atoms with E-state index in [0.717, 1.165) is 26.1 Å². The summed E-state index contributed by atoms with van der Waals surface area (Å²) in [6.45, 7) is 3.48. The lowest BCUT2D eigenvalue weighted by atomic mass is 10.3. The predicted octanol–water partition coefficient (Wildman–Crippen LogP) is 2.77. The molecule has 1 fully saturated rings. The van der Waals surface area contributed by atoms with Crippen molar-refractivity contribution in [3.63, 3.8) is 0 Å². The Morgan fingerprint density at radius 2 is 1.91 bits per heavy atom. The van der Waals surface area contributed by atoms with Crippen LogP contribution in [0.3, 0.4) is 0 Å². The van der Waals surface area contributed by atoms with Crippen molar-refractivity contribution >= 4 is 33.2 Å². The van der Waals surface area contributed by atoms with E-state index < -0.39 is 10.0 Å². The van der Waals surface area contributed by atoms with E-state index in [1.165, 1.54) is 32.1 Å². The van der Waals surface area contributed by atoms with Gasteiger partial charge in [-0.1, -0.05) is 23.2 Å². The molecule has 22 heavy (non-hydrogen) atoms. The number of sulfonamides is 1. The summed E-state index contributed by atoms with van der Waals surface area (Å²) in [4.78, 5) is 2.31. The molecule has 0 spiro atoms. The Kier molecular flexibility index (Phi) is 6.35. The maximum atomic E-state index is 12.3. The fourth-order valence-corrected chi connectivity index (χ4v) is 4.38. The lowest BCUT2D eigenvalue weighted by Crippen LogP contribution is -2.29. The average molecular weight is 367 g/mol. The van der Waals surface area contributed by atoms with Crippen molar-refractivity contribution in [2.45, 2.75) is 24.2 Å². The first-order valence-electron chi connectivity index (χ1n) is 7.19. The van der Waals surface area contributed by atoms with Gasteiger partial charge in [-0.25, -0.2) is 13.1 Å². The lowest BCUT2D eigenvalue weighted by molar-refractivity contribution is 0.334. The Balaban J connectivity index is 1.96. The highest BCUT2D eigenvalue weighted by atomic mass is 35.5. The van der Waals surface area contributed by atoms with E-state index in [9.17, 15) is 8.42 Å². The highest BCUT2D eigenvalue weighted by Gasteiger charge is 2.21. The molecule has 0 aromatic heterocycles. The van der Waals surface area contributed by atoms with E-state index in [-0.39, 0.29) is 14.9 Å². The standard InChI is InChI=1S/C14H20Cl2N2O3S/c1-21-11-5-6-12(14(16)13(11)15)22(19,20)17-7-4-10-18-8-2-3-9-18/h5-6,17H,2-4,7-10H2,1H3. The Hall–Kier alpha value is -0.530. The second-order valence-electron chi connectivity index (χ2n) is 5.19. The van der Waals surface area contributed by atoms with Crippen molar-refractivity contribution in [2.24, 2.45) is 0 Å². The molecule has 0 atom stereocenters. The monoisotopic (exact) mass is 366 g/mol. The summed E-state index contributed by atoms with van der Waals surface area (Å²) in [5.74, 6) is 0.347. The van der Waals surface area contributed by atoms with Crippen LogP contribution >= 0.6 is 23.2 Å². The van der Waals surface area contributed by atoms with Gasteiger partial charge in [-0.2, -0.15) is 0 Å². The molecule has 0 bridgehead atoms. The fourth-order valence-electron chi connectivity index (χ4n) is 2.47. The Labute approximate surface area is 141 Å². The molecule has 2 rings (SSSR count). The first-order chi connectivity index (χ1) is 10.5. The zero-order valence-electron chi connectivity index (χ0n) is 12.4. The molecule has 1 aromatic rings. The Bertz CT molecular complexity index is 617. The van der Waals surface area contributed by atoms with Crippen LogP contribution in [-0.2, 0) is 10.0 Å². The molecule has 8 heteroatoms. The van der Waals surface area contributed by atoms with Gasteiger partial charge in [-0.15, -0.1) is 0 Å². The van der Waals surface area contributed by atoms with E-state index in [1.807, 2.05) is 0 Å². The van der Waals surface area contributed by atoms with Crippen molar-refractivity contribution in [1.29, 1.82) is 0 Å². The molecule has 0 aliphatic carbocycles. The van der Waals surface area contributed by atoms with E-state index >= 15 is 0 Å². The van der Waals surface area contributed by atoms with Crippen LogP contribution in [0.25, 0.3) is 0 Å². The van der Waals surface area contributed by atoms with Gasteiger partial charge in [0.05, 0.1) is 12.1 Å². The van der Waals surface area contributed by atoms with Crippen molar-refractivity contribution in [3.05, 3.63) is 22.2 Å². The van der Waals surface area contributed by atoms with Gasteiger partial charge in [0.15, 0.2) is 0 Å². The van der Waals surface area contributed by atoms with Gasteiger partial charge in [0, 0.05) is 6.54 Å². The summed E-state index contributed by atoms with van der Waals surface area (Å²) < 4.78 is 32.2. The molecule has 1 aliphatic rings. The number of likely N-dealkylation sites (tertiary alicyclic amines) is 1. The molecular formula is C14H20Cl2N2O3S. The number of nitrogens with zero attached hydrogens (tertiary/aromatic N) is 1. The number of hydrogen-bond donors (Lipinski definition) is 1. The van der Waals surface area contributed by atoms with Gasteiger partial charge < -0.3 is 9.64 Å². The third-order valence-electron chi connectivity index (χ3n) is 3.66. The van der Waals surface area contributed by atoms with Crippen LogP contribution in [0.2, 0.25) is 10.0 Å². The molecule has 5 nitrogen and oxygen atoms in total. The van der Waals surface area contributed by atoms with Crippen LogP contribution in [0.5, 0.6) is 5.75 Å². The molecule has 1 aliphatic heterocycles. The maximum absolute atomic E-state index is 12.3. The third-order valence-corrected chi connectivity index (χ3v) is 6.14. The summed E-state index contributed by atoms with van der Waals surface area (Å²) in [7, 11) is -2.23. The molecule has 1 saturated heterocycles. The molecule has 1 aromatic carbocycles. The number of halogens is 2. The number of rotatable bonds is 7. The van der Waals surface area contributed by atoms with Crippen molar-refractivity contribution in [2.75, 3.05) is 33.3 Å². The van der Waals surface area contributed by atoms with Gasteiger partial charge in [0.2, 0.25) is 10.0 Å². The van der Waals surface area contributed by atoms with Crippen LogP contribution in [0.15, 0.2) is 17.0 Å². The number of methoxy groups -OCH3 is 1. The summed E-state index contributed by atoms with van der Waals surface area (Å²) >= 11 is 12.0. The molecule has 124 valence electrons. The van der Waals surface area contributed by atoms with Crippen LogP contribution in [0.1, 0.15) is 19.3 Å². The number of hydrogen-bond acceptors (Lipinski definition) is 4. The quantitative estimate of drug-likeness (QED) is 0.753. The highest BCUT2D eigenvalue weighted by molar-refractivity contribution is 7.89. The summed E-state index contributed by atoms with van der Waals surface area (Å²) in [5, 5.41) is 0.0807. The van der Waals surface area contributed by atoms with Crippen LogP contribution in [0.4, 0.5) is 0 Å². The summed E-state index contributed by atoms with van der Waals surface area (Å²) in [5.41, 5.74) is 0. The maximum Gasteiger partial charge on any atom is 0.242 e. The minimum absolute atomic E-state index is 0.0203. The zero-order valence-corrected chi connectivity index (χ0v) is 14.8. The fraction of sp³-hybridized carbons (Fsp3) is 0.571. The van der Waals surface area contributed by atoms with E-state index in [2.05, 4.69) is 9.62 Å². The molecule has 0 radical (unpaired) electrons. The third kappa shape index (κ3) is 4.26. The number of nitrogens with one attached hydrogen (secondary N) is 1. The second-order valence-corrected chi connectivity index (χ2v) is 7.69. The molecule has 1 heterocycles. The normalized spacial score (nSPS) is 16.1. The Morgan fingerprint density at radius 3 is 2.55 bits per heavy atom. The van der Waals surface area contributed by atoms with Crippen molar-refractivity contribution in [1.82, 2.24) is 9.62 Å². The minimum Gasteiger partial charge on any atom is -0.495 e. The number of benzene rings is 1. The van der Waals surface area contributed by atoms with Gasteiger partial charge >= 0.3 is 0 Å². The lowest BCUT2D eigenvalue weighted by Gasteiger charge is -2.15. The Morgan fingerprint density at radius 1 is 1.23 bits per heavy atom. The van der Waals surface area contributed by atoms with E-state index in [4.69, 9.17) is 27.9 Å². The predicted molar refractivity (Wildman–Crippen MR) is 88.5 cm³/mol. The molecular weight excluding hydrogens is 347 g/mol. The van der Waals surface area contributed by atoms with Gasteiger partial charge in [-0.3, -0.25) is 0 Å². The second kappa shape index (κ2) is 7.84. The smallest absolute Gasteiger partial charge is 0.242 e. The molecule has 0 unspecified atom stereocenters. The summed E-state index contributed by atoms with van der Waals surface area (Å²) in [6, 6.07) is 2.89. The van der Waals surface area contributed by atoms with Crippen LogP contribution in [-0.4, -0.2) is 46.6 Å². The number of ether oxygens (including phenoxy) is 1. The van der Waals surface area contributed by atoms with E-state index in [1.54, 1.807) is 0 Å². The topological polar surface area (TPSA) is 58.6 Å². The molecule has 1 N–H and O–H groups in total. The zero-order chi connectivity index (χ0) is 16.2. The molecule has 0 saturated carbocycles.